The van der Waals surface area contributed by atoms with Crippen molar-refractivity contribution in [2.45, 2.75) is 38.6 Å². The molecule has 4 N–H and O–H groups in total. The zero-order valence-corrected chi connectivity index (χ0v) is 11.1. The molecule has 0 saturated carbocycles. The van der Waals surface area contributed by atoms with Crippen molar-refractivity contribution < 1.29 is 19.5 Å². The highest BCUT2D eigenvalue weighted by molar-refractivity contribution is 5.78. The fourth-order valence-corrected chi connectivity index (χ4v) is 1.83. The maximum Gasteiger partial charge on any atom is 0.315 e. The second-order valence-electron chi connectivity index (χ2n) is 4.93. The molecule has 0 aliphatic carbocycles. The van der Waals surface area contributed by atoms with Gasteiger partial charge in [-0.1, -0.05) is 6.92 Å². The summed E-state index contributed by atoms with van der Waals surface area (Å²) in [6.07, 6.45) is 1.72. The van der Waals surface area contributed by atoms with Crippen LogP contribution in [0.3, 0.4) is 0 Å². The molecule has 1 saturated heterocycles. The first-order valence-corrected chi connectivity index (χ1v) is 6.50. The molecule has 0 radical (unpaired) electrons. The van der Waals surface area contributed by atoms with Gasteiger partial charge in [-0.05, 0) is 18.8 Å². The summed E-state index contributed by atoms with van der Waals surface area (Å²) in [4.78, 5) is 32.9. The van der Waals surface area contributed by atoms with Crippen LogP contribution in [0.5, 0.6) is 0 Å². The van der Waals surface area contributed by atoms with Crippen molar-refractivity contribution in [3.63, 3.8) is 0 Å². The number of carboxylic acid groups (broad SMARTS) is 1. The number of rotatable bonds is 6. The summed E-state index contributed by atoms with van der Waals surface area (Å²) in [7, 11) is 0. The van der Waals surface area contributed by atoms with Crippen LogP contribution in [0.4, 0.5) is 4.79 Å². The van der Waals surface area contributed by atoms with Gasteiger partial charge in [0, 0.05) is 32.0 Å². The van der Waals surface area contributed by atoms with Gasteiger partial charge < -0.3 is 21.1 Å². The molecule has 19 heavy (non-hydrogen) atoms. The SMILES string of the molecule is CC(CCC(=O)O)CNC(=O)NC1CCC(=O)NC1. The summed E-state index contributed by atoms with van der Waals surface area (Å²) < 4.78 is 0. The van der Waals surface area contributed by atoms with E-state index in [4.69, 9.17) is 5.11 Å². The molecule has 7 nitrogen and oxygen atoms in total. The average Bonchev–Trinajstić information content (AvgIpc) is 2.36. The molecule has 0 spiro atoms. The van der Waals surface area contributed by atoms with Crippen molar-refractivity contribution in [2.75, 3.05) is 13.1 Å². The second kappa shape index (κ2) is 7.60. The zero-order valence-electron chi connectivity index (χ0n) is 11.1. The molecule has 1 fully saturated rings. The molecule has 108 valence electrons. The van der Waals surface area contributed by atoms with Crippen molar-refractivity contribution in [1.29, 1.82) is 0 Å². The minimum Gasteiger partial charge on any atom is -0.481 e. The van der Waals surface area contributed by atoms with Crippen LogP contribution in [-0.4, -0.2) is 42.1 Å². The van der Waals surface area contributed by atoms with E-state index in [1.165, 1.54) is 0 Å². The molecule has 1 rings (SSSR count). The van der Waals surface area contributed by atoms with Crippen molar-refractivity contribution in [2.24, 2.45) is 5.92 Å². The first kappa shape index (κ1) is 15.3. The van der Waals surface area contributed by atoms with Crippen LogP contribution >= 0.6 is 0 Å². The van der Waals surface area contributed by atoms with E-state index in [9.17, 15) is 14.4 Å². The smallest absolute Gasteiger partial charge is 0.315 e. The third kappa shape index (κ3) is 6.64. The Labute approximate surface area is 112 Å². The highest BCUT2D eigenvalue weighted by Gasteiger charge is 2.19. The highest BCUT2D eigenvalue weighted by atomic mass is 16.4. The Kier molecular flexibility index (Phi) is 6.11. The number of amides is 3. The number of carboxylic acids is 1. The topological polar surface area (TPSA) is 108 Å². The fraction of sp³-hybridized carbons (Fsp3) is 0.750. The van der Waals surface area contributed by atoms with Gasteiger partial charge in [0.15, 0.2) is 0 Å². The fourth-order valence-electron chi connectivity index (χ4n) is 1.83. The first-order valence-electron chi connectivity index (χ1n) is 6.50. The lowest BCUT2D eigenvalue weighted by Crippen LogP contribution is -2.51. The van der Waals surface area contributed by atoms with E-state index in [1.54, 1.807) is 0 Å². The normalized spacial score (nSPS) is 20.3. The minimum absolute atomic E-state index is 0.0146. The summed E-state index contributed by atoms with van der Waals surface area (Å²) in [6.45, 7) is 2.79. The molecule has 0 aromatic rings. The number of nitrogens with one attached hydrogen (secondary N) is 3. The molecule has 0 aromatic heterocycles. The van der Waals surface area contributed by atoms with E-state index in [1.807, 2.05) is 6.92 Å². The summed E-state index contributed by atoms with van der Waals surface area (Å²) in [6, 6.07) is -0.310. The average molecular weight is 271 g/mol. The van der Waals surface area contributed by atoms with Crippen LogP contribution in [0, 0.1) is 5.92 Å². The van der Waals surface area contributed by atoms with Gasteiger partial charge in [-0.2, -0.15) is 0 Å². The van der Waals surface area contributed by atoms with E-state index in [0.717, 1.165) is 0 Å². The molecule has 1 aliphatic heterocycles. The molecule has 1 heterocycles. The predicted octanol–water partition coefficient (Wildman–Crippen LogP) is 0.0651. The zero-order chi connectivity index (χ0) is 14.3. The van der Waals surface area contributed by atoms with Crippen molar-refractivity contribution in [3.05, 3.63) is 0 Å². The Morgan fingerprint density at radius 3 is 2.84 bits per heavy atom. The number of piperidine rings is 1. The monoisotopic (exact) mass is 271 g/mol. The van der Waals surface area contributed by atoms with Gasteiger partial charge in [-0.25, -0.2) is 4.79 Å². The molecule has 3 amide bonds. The molecule has 1 aliphatic rings. The highest BCUT2D eigenvalue weighted by Crippen LogP contribution is 2.04. The van der Waals surface area contributed by atoms with Crippen molar-refractivity contribution >= 4 is 17.9 Å². The van der Waals surface area contributed by atoms with Crippen molar-refractivity contribution in [3.8, 4) is 0 Å². The van der Waals surface area contributed by atoms with Gasteiger partial charge in [0.1, 0.15) is 0 Å². The molecular formula is C12H21N3O4. The predicted molar refractivity (Wildman–Crippen MR) is 68.6 cm³/mol. The molecule has 2 unspecified atom stereocenters. The van der Waals surface area contributed by atoms with Gasteiger partial charge in [0.05, 0.1) is 0 Å². The Morgan fingerprint density at radius 1 is 1.53 bits per heavy atom. The lowest BCUT2D eigenvalue weighted by Gasteiger charge is -2.24. The molecule has 0 aromatic carbocycles. The van der Waals surface area contributed by atoms with E-state index in [-0.39, 0.29) is 30.3 Å². The first-order chi connectivity index (χ1) is 8.97. The Bertz CT molecular complexity index is 336. The van der Waals surface area contributed by atoms with E-state index in [0.29, 0.717) is 32.4 Å². The van der Waals surface area contributed by atoms with Crippen LogP contribution < -0.4 is 16.0 Å². The quantitative estimate of drug-likeness (QED) is 0.548. The standard InChI is InChI=1S/C12H21N3O4/c1-8(2-5-11(17)18)6-14-12(19)15-9-3-4-10(16)13-7-9/h8-9H,2-7H2,1H3,(H,13,16)(H,17,18)(H2,14,15,19). The Hall–Kier alpha value is -1.79. The van der Waals surface area contributed by atoms with Gasteiger partial charge >= 0.3 is 12.0 Å². The number of aliphatic carboxylic acids is 1. The molecule has 7 heteroatoms. The molecule has 2 atom stereocenters. The lowest BCUT2D eigenvalue weighted by molar-refractivity contribution is -0.137. The summed E-state index contributed by atoms with van der Waals surface area (Å²) >= 11 is 0. The third-order valence-electron chi connectivity index (χ3n) is 3.06. The summed E-state index contributed by atoms with van der Waals surface area (Å²) in [5.74, 6) is -0.692. The molecule has 0 bridgehead atoms. The van der Waals surface area contributed by atoms with Crippen LogP contribution in [0.15, 0.2) is 0 Å². The summed E-state index contributed by atoms with van der Waals surface area (Å²) in [5.41, 5.74) is 0. The van der Waals surface area contributed by atoms with E-state index in [2.05, 4.69) is 16.0 Å². The lowest BCUT2D eigenvalue weighted by atomic mass is 10.1. The summed E-state index contributed by atoms with van der Waals surface area (Å²) in [5, 5.41) is 16.7. The Morgan fingerprint density at radius 2 is 2.26 bits per heavy atom. The Balaban J connectivity index is 2.13. The van der Waals surface area contributed by atoms with Gasteiger partial charge in [0.2, 0.25) is 5.91 Å². The van der Waals surface area contributed by atoms with E-state index < -0.39 is 5.97 Å². The number of hydrogen-bond acceptors (Lipinski definition) is 3. The van der Waals surface area contributed by atoms with E-state index >= 15 is 0 Å². The van der Waals surface area contributed by atoms with Crippen molar-refractivity contribution in [1.82, 2.24) is 16.0 Å². The molecular weight excluding hydrogens is 250 g/mol. The minimum atomic E-state index is -0.825. The number of urea groups is 1. The second-order valence-corrected chi connectivity index (χ2v) is 4.93. The maximum atomic E-state index is 11.6. The number of carbonyl (C=O) groups excluding carboxylic acids is 2. The van der Waals surface area contributed by atoms with Crippen LogP contribution in [0.1, 0.15) is 32.6 Å². The largest absolute Gasteiger partial charge is 0.481 e. The number of hydrogen-bond donors (Lipinski definition) is 4. The van der Waals surface area contributed by atoms with Crippen LogP contribution in [-0.2, 0) is 9.59 Å². The number of carbonyl (C=O) groups is 3. The van der Waals surface area contributed by atoms with Crippen LogP contribution in [0.25, 0.3) is 0 Å². The third-order valence-corrected chi connectivity index (χ3v) is 3.06. The van der Waals surface area contributed by atoms with Gasteiger partial charge in [0.25, 0.3) is 0 Å². The van der Waals surface area contributed by atoms with Crippen LogP contribution in [0.2, 0.25) is 0 Å². The maximum absolute atomic E-state index is 11.6. The van der Waals surface area contributed by atoms with Gasteiger partial charge in [-0.3, -0.25) is 9.59 Å². The van der Waals surface area contributed by atoms with Gasteiger partial charge in [-0.15, -0.1) is 0 Å².